The van der Waals surface area contributed by atoms with E-state index in [9.17, 15) is 4.79 Å². The lowest BCUT2D eigenvalue weighted by Gasteiger charge is -2.43. The number of allylic oxidation sites excluding steroid dienone is 1. The highest BCUT2D eigenvalue weighted by Gasteiger charge is 2.53. The monoisotopic (exact) mass is 269 g/mol. The van der Waals surface area contributed by atoms with E-state index in [4.69, 9.17) is 9.47 Å². The van der Waals surface area contributed by atoms with Gasteiger partial charge >= 0.3 is 0 Å². The van der Waals surface area contributed by atoms with E-state index in [2.05, 4.69) is 23.1 Å². The van der Waals surface area contributed by atoms with Crippen LogP contribution < -0.4 is 9.47 Å². The molecule has 2 bridgehead atoms. The molecule has 5 rings (SSSR count). The van der Waals surface area contributed by atoms with Gasteiger partial charge < -0.3 is 9.47 Å². The van der Waals surface area contributed by atoms with Gasteiger partial charge in [0.05, 0.1) is 0 Å². The van der Waals surface area contributed by atoms with Crippen molar-refractivity contribution in [2.75, 3.05) is 13.3 Å². The van der Waals surface area contributed by atoms with Gasteiger partial charge in [0.1, 0.15) is 0 Å². The van der Waals surface area contributed by atoms with Gasteiger partial charge in [0.2, 0.25) is 6.79 Å². The van der Waals surface area contributed by atoms with Crippen molar-refractivity contribution in [3.8, 4) is 11.5 Å². The van der Waals surface area contributed by atoms with E-state index in [1.54, 1.807) is 6.08 Å². The van der Waals surface area contributed by atoms with Crippen LogP contribution in [0.3, 0.4) is 0 Å². The summed E-state index contributed by atoms with van der Waals surface area (Å²) in [5.41, 5.74) is 2.66. The first-order chi connectivity index (χ1) is 9.76. The number of ketones is 1. The topological polar surface area (TPSA) is 38.8 Å². The Morgan fingerprint density at radius 2 is 2.10 bits per heavy atom. The summed E-state index contributed by atoms with van der Waals surface area (Å²) in [6, 6.07) is 4.60. The maximum Gasteiger partial charge on any atom is 0.231 e. The third-order valence-electron chi connectivity index (χ3n) is 5.28. The number of hydrogen-bond donors (Lipinski definition) is 0. The SMILES string of the molecule is O=C1C=C[C@]23CCN(Cc4cc5c(cc42)OCO5)[C@H]3C1. The van der Waals surface area contributed by atoms with Gasteiger partial charge in [-0.2, -0.15) is 0 Å². The molecule has 1 fully saturated rings. The fourth-order valence-corrected chi connectivity index (χ4v) is 4.34. The zero-order chi connectivity index (χ0) is 13.3. The van der Waals surface area contributed by atoms with E-state index < -0.39 is 0 Å². The number of fused-ring (bicyclic) bond motifs is 2. The molecular formula is C16H15NO3. The quantitative estimate of drug-likeness (QED) is 0.719. The lowest BCUT2D eigenvalue weighted by Crippen LogP contribution is -2.48. The van der Waals surface area contributed by atoms with Crippen LogP contribution in [0.25, 0.3) is 0 Å². The number of benzene rings is 1. The zero-order valence-corrected chi connectivity index (χ0v) is 11.1. The van der Waals surface area contributed by atoms with E-state index in [1.807, 2.05) is 0 Å². The molecule has 0 saturated carbocycles. The van der Waals surface area contributed by atoms with Crippen molar-refractivity contribution in [1.82, 2.24) is 4.90 Å². The number of carbonyl (C=O) groups excluding carboxylic acids is 1. The number of hydrogen-bond acceptors (Lipinski definition) is 4. The second kappa shape index (κ2) is 3.44. The van der Waals surface area contributed by atoms with Crippen molar-refractivity contribution in [2.45, 2.75) is 30.8 Å². The number of rotatable bonds is 0. The summed E-state index contributed by atoms with van der Waals surface area (Å²) >= 11 is 0. The molecule has 1 aromatic rings. The minimum Gasteiger partial charge on any atom is -0.454 e. The van der Waals surface area contributed by atoms with Crippen LogP contribution >= 0.6 is 0 Å². The Labute approximate surface area is 117 Å². The largest absolute Gasteiger partial charge is 0.454 e. The summed E-state index contributed by atoms with van der Waals surface area (Å²) in [5.74, 6) is 1.96. The fourth-order valence-electron chi connectivity index (χ4n) is 4.34. The molecule has 4 heteroatoms. The van der Waals surface area contributed by atoms with E-state index >= 15 is 0 Å². The summed E-state index contributed by atoms with van der Waals surface area (Å²) in [5, 5.41) is 0. The van der Waals surface area contributed by atoms with E-state index in [0.717, 1.165) is 31.0 Å². The summed E-state index contributed by atoms with van der Waals surface area (Å²) in [6.45, 7) is 2.29. The average Bonchev–Trinajstić information content (AvgIpc) is 3.00. The van der Waals surface area contributed by atoms with Crippen molar-refractivity contribution in [1.29, 1.82) is 0 Å². The van der Waals surface area contributed by atoms with Crippen LogP contribution in [0.15, 0.2) is 24.3 Å². The van der Waals surface area contributed by atoms with Gasteiger partial charge in [0, 0.05) is 31.0 Å². The van der Waals surface area contributed by atoms with Gasteiger partial charge in [-0.3, -0.25) is 9.69 Å². The molecule has 1 unspecified atom stereocenters. The standard InChI is InChI=1S/C16H15NO3/c18-11-1-2-16-3-4-17(15(16)6-11)8-10-5-13-14(7-12(10)16)20-9-19-13/h1-2,5,7,15H,3-4,6,8-9H2/t15-,16-/m0/s1. The number of ether oxygens (including phenoxy) is 2. The molecule has 1 saturated heterocycles. The molecule has 0 spiro atoms. The molecular weight excluding hydrogens is 254 g/mol. The van der Waals surface area contributed by atoms with Gasteiger partial charge in [-0.1, -0.05) is 6.08 Å². The van der Waals surface area contributed by atoms with E-state index in [1.165, 1.54) is 11.1 Å². The highest BCUT2D eigenvalue weighted by atomic mass is 16.7. The van der Waals surface area contributed by atoms with Crippen molar-refractivity contribution >= 4 is 5.78 Å². The van der Waals surface area contributed by atoms with Crippen LogP contribution in [-0.4, -0.2) is 30.1 Å². The summed E-state index contributed by atoms with van der Waals surface area (Å²) < 4.78 is 11.0. The molecule has 102 valence electrons. The molecule has 3 heterocycles. The minimum atomic E-state index is 0.00245. The Morgan fingerprint density at radius 3 is 3.00 bits per heavy atom. The molecule has 3 aliphatic heterocycles. The number of carbonyl (C=O) groups is 1. The van der Waals surface area contributed by atoms with E-state index in [-0.39, 0.29) is 11.2 Å². The van der Waals surface area contributed by atoms with Crippen molar-refractivity contribution < 1.29 is 14.3 Å². The Bertz CT molecular complexity index is 666. The average molecular weight is 269 g/mol. The van der Waals surface area contributed by atoms with Gasteiger partial charge in [-0.15, -0.1) is 0 Å². The van der Waals surface area contributed by atoms with Crippen LogP contribution in [0.2, 0.25) is 0 Å². The minimum absolute atomic E-state index is 0.00245. The van der Waals surface area contributed by atoms with Gasteiger partial charge in [0.15, 0.2) is 17.3 Å². The van der Waals surface area contributed by atoms with Crippen LogP contribution in [0, 0.1) is 0 Å². The Morgan fingerprint density at radius 1 is 1.25 bits per heavy atom. The van der Waals surface area contributed by atoms with Crippen molar-refractivity contribution in [2.24, 2.45) is 0 Å². The highest BCUT2D eigenvalue weighted by Crippen LogP contribution is 2.52. The second-order valence-electron chi connectivity index (χ2n) is 6.14. The fraction of sp³-hybridized carbons (Fsp3) is 0.438. The first kappa shape index (κ1) is 10.9. The first-order valence-corrected chi connectivity index (χ1v) is 7.15. The lowest BCUT2D eigenvalue weighted by atomic mass is 9.67. The number of nitrogens with zero attached hydrogens (tertiary/aromatic N) is 1. The van der Waals surface area contributed by atoms with Crippen LogP contribution in [0.5, 0.6) is 11.5 Å². The Hall–Kier alpha value is -1.81. The van der Waals surface area contributed by atoms with Crippen LogP contribution in [0.4, 0.5) is 0 Å². The van der Waals surface area contributed by atoms with Gasteiger partial charge in [-0.25, -0.2) is 0 Å². The normalized spacial score (nSPS) is 35.9. The lowest BCUT2D eigenvalue weighted by molar-refractivity contribution is -0.116. The summed E-state index contributed by atoms with van der Waals surface area (Å²) in [4.78, 5) is 14.2. The Balaban J connectivity index is 1.76. The van der Waals surface area contributed by atoms with Gasteiger partial charge in [-0.05, 0) is 35.8 Å². The van der Waals surface area contributed by atoms with Crippen molar-refractivity contribution in [3.05, 3.63) is 35.4 Å². The predicted molar refractivity (Wildman–Crippen MR) is 71.8 cm³/mol. The molecule has 4 aliphatic rings. The molecule has 20 heavy (non-hydrogen) atoms. The van der Waals surface area contributed by atoms with E-state index in [0.29, 0.717) is 19.3 Å². The maximum atomic E-state index is 11.8. The molecule has 0 aromatic heterocycles. The van der Waals surface area contributed by atoms with Crippen molar-refractivity contribution in [3.63, 3.8) is 0 Å². The molecule has 0 N–H and O–H groups in total. The molecule has 1 aliphatic carbocycles. The summed E-state index contributed by atoms with van der Waals surface area (Å²) in [7, 11) is 0. The maximum absolute atomic E-state index is 11.8. The zero-order valence-electron chi connectivity index (χ0n) is 11.1. The molecule has 0 radical (unpaired) electrons. The van der Waals surface area contributed by atoms with Gasteiger partial charge in [0.25, 0.3) is 0 Å². The summed E-state index contributed by atoms with van der Waals surface area (Å²) in [6.07, 6.45) is 5.65. The smallest absolute Gasteiger partial charge is 0.231 e. The van der Waals surface area contributed by atoms with Crippen LogP contribution in [0.1, 0.15) is 24.0 Å². The Kier molecular flexibility index (Phi) is 1.88. The highest BCUT2D eigenvalue weighted by molar-refractivity contribution is 5.92. The molecule has 3 atom stereocenters. The first-order valence-electron chi connectivity index (χ1n) is 7.15. The molecule has 4 nitrogen and oxygen atoms in total. The second-order valence-corrected chi connectivity index (χ2v) is 6.14. The third-order valence-corrected chi connectivity index (χ3v) is 5.28. The molecule has 1 aromatic carbocycles. The molecule has 0 amide bonds. The third kappa shape index (κ3) is 1.18. The van der Waals surface area contributed by atoms with Crippen LogP contribution in [-0.2, 0) is 16.8 Å². The predicted octanol–water partition coefficient (Wildman–Crippen LogP) is 1.77.